The van der Waals surface area contributed by atoms with Crippen LogP contribution >= 0.6 is 0 Å². The van der Waals surface area contributed by atoms with E-state index in [-0.39, 0.29) is 5.92 Å². The average molecular weight is 160 g/mol. The number of hydrogen-bond donors (Lipinski definition) is 1. The van der Waals surface area contributed by atoms with Gasteiger partial charge in [-0.3, -0.25) is 0 Å². The smallest absolute Gasteiger partial charge is 0.333 e. The van der Waals surface area contributed by atoms with Crippen molar-refractivity contribution in [3.63, 3.8) is 0 Å². The van der Waals surface area contributed by atoms with Crippen molar-refractivity contribution < 1.29 is 19.4 Å². The summed E-state index contributed by atoms with van der Waals surface area (Å²) in [6.07, 6.45) is 0.125. The lowest BCUT2D eigenvalue weighted by Gasteiger charge is -2.12. The fourth-order valence-corrected chi connectivity index (χ4v) is 1.29. The van der Waals surface area contributed by atoms with E-state index in [4.69, 9.17) is 14.6 Å². The topological polar surface area (TPSA) is 55.8 Å². The monoisotopic (exact) mass is 160 g/mol. The molecule has 1 heterocycles. The molecule has 1 saturated heterocycles. The molecule has 0 aromatic carbocycles. The van der Waals surface area contributed by atoms with Gasteiger partial charge < -0.3 is 14.6 Å². The van der Waals surface area contributed by atoms with E-state index in [0.717, 1.165) is 6.42 Å². The fourth-order valence-electron chi connectivity index (χ4n) is 1.29. The van der Waals surface area contributed by atoms with Gasteiger partial charge in [-0.2, -0.15) is 0 Å². The van der Waals surface area contributed by atoms with Crippen LogP contribution in [0.5, 0.6) is 0 Å². The summed E-state index contributed by atoms with van der Waals surface area (Å²) < 4.78 is 9.86. The lowest BCUT2D eigenvalue weighted by atomic mass is 10.0. The van der Waals surface area contributed by atoms with Gasteiger partial charge in [-0.1, -0.05) is 0 Å². The Bertz CT molecular complexity index is 145. The van der Waals surface area contributed by atoms with Gasteiger partial charge in [0.1, 0.15) is 0 Å². The van der Waals surface area contributed by atoms with Gasteiger partial charge >= 0.3 is 5.97 Å². The third-order valence-electron chi connectivity index (χ3n) is 1.84. The quantitative estimate of drug-likeness (QED) is 0.637. The van der Waals surface area contributed by atoms with Crippen molar-refractivity contribution in [2.45, 2.75) is 12.5 Å². The highest BCUT2D eigenvalue weighted by Gasteiger charge is 2.33. The van der Waals surface area contributed by atoms with E-state index in [1.54, 1.807) is 7.11 Å². The molecular weight excluding hydrogens is 148 g/mol. The molecule has 0 unspecified atom stereocenters. The Labute approximate surface area is 65.1 Å². The molecule has 1 fully saturated rings. The Kier molecular flexibility index (Phi) is 2.84. The zero-order valence-corrected chi connectivity index (χ0v) is 6.45. The summed E-state index contributed by atoms with van der Waals surface area (Å²) in [6, 6.07) is 0. The molecule has 0 amide bonds. The van der Waals surface area contributed by atoms with Crippen molar-refractivity contribution in [2.75, 3.05) is 20.3 Å². The minimum atomic E-state index is -0.885. The van der Waals surface area contributed by atoms with Crippen LogP contribution in [0.2, 0.25) is 0 Å². The van der Waals surface area contributed by atoms with Gasteiger partial charge in [0.05, 0.1) is 6.61 Å². The molecule has 2 atom stereocenters. The Balaban J connectivity index is 2.44. The minimum absolute atomic E-state index is 0.0255. The van der Waals surface area contributed by atoms with E-state index in [9.17, 15) is 4.79 Å². The number of ether oxygens (including phenoxy) is 2. The molecule has 0 aromatic heterocycles. The van der Waals surface area contributed by atoms with Crippen molar-refractivity contribution in [1.29, 1.82) is 0 Å². The van der Waals surface area contributed by atoms with E-state index in [2.05, 4.69) is 0 Å². The highest BCUT2D eigenvalue weighted by Crippen LogP contribution is 2.20. The zero-order chi connectivity index (χ0) is 8.27. The van der Waals surface area contributed by atoms with Gasteiger partial charge in [0.25, 0.3) is 0 Å². The summed E-state index contributed by atoms with van der Waals surface area (Å²) in [4.78, 5) is 10.5. The number of carboxylic acids is 1. The second-order valence-corrected chi connectivity index (χ2v) is 2.63. The van der Waals surface area contributed by atoms with Crippen molar-refractivity contribution in [3.05, 3.63) is 0 Å². The van der Waals surface area contributed by atoms with Crippen LogP contribution in [0.1, 0.15) is 6.42 Å². The van der Waals surface area contributed by atoms with Gasteiger partial charge in [0.15, 0.2) is 6.10 Å². The van der Waals surface area contributed by atoms with Crippen LogP contribution in [-0.4, -0.2) is 37.5 Å². The van der Waals surface area contributed by atoms with Gasteiger partial charge in [-0.25, -0.2) is 4.79 Å². The van der Waals surface area contributed by atoms with E-state index >= 15 is 0 Å². The molecule has 1 N–H and O–H groups in total. The largest absolute Gasteiger partial charge is 0.479 e. The van der Waals surface area contributed by atoms with Crippen molar-refractivity contribution in [2.24, 2.45) is 5.92 Å². The molecular formula is C7H12O4. The second-order valence-electron chi connectivity index (χ2n) is 2.63. The Morgan fingerprint density at radius 1 is 1.82 bits per heavy atom. The molecule has 11 heavy (non-hydrogen) atoms. The summed E-state index contributed by atoms with van der Waals surface area (Å²) in [5.41, 5.74) is 0. The van der Waals surface area contributed by atoms with Crippen LogP contribution in [-0.2, 0) is 14.3 Å². The van der Waals surface area contributed by atoms with Gasteiger partial charge in [0.2, 0.25) is 0 Å². The molecule has 4 nitrogen and oxygen atoms in total. The highest BCUT2D eigenvalue weighted by atomic mass is 16.5. The zero-order valence-electron chi connectivity index (χ0n) is 6.45. The number of aliphatic carboxylic acids is 1. The van der Waals surface area contributed by atoms with Crippen LogP contribution in [0.3, 0.4) is 0 Å². The highest BCUT2D eigenvalue weighted by molar-refractivity contribution is 5.73. The number of carboxylic acid groups (broad SMARTS) is 1. The first-order valence-corrected chi connectivity index (χ1v) is 3.59. The van der Waals surface area contributed by atoms with Crippen molar-refractivity contribution in [3.8, 4) is 0 Å². The predicted octanol–water partition coefficient (Wildman–Crippen LogP) is 0.122. The molecule has 1 rings (SSSR count). The molecule has 4 heteroatoms. The van der Waals surface area contributed by atoms with Gasteiger partial charge in [-0.05, 0) is 6.42 Å². The van der Waals surface area contributed by atoms with Gasteiger partial charge in [-0.15, -0.1) is 0 Å². The normalized spacial score (nSPS) is 30.6. The maximum Gasteiger partial charge on any atom is 0.333 e. The summed E-state index contributed by atoms with van der Waals surface area (Å²) in [6.45, 7) is 1.00. The Morgan fingerprint density at radius 2 is 2.55 bits per heavy atom. The third kappa shape index (κ3) is 1.91. The maximum absolute atomic E-state index is 10.5. The molecule has 0 aliphatic carbocycles. The molecule has 0 radical (unpaired) electrons. The van der Waals surface area contributed by atoms with E-state index in [1.807, 2.05) is 0 Å². The third-order valence-corrected chi connectivity index (χ3v) is 1.84. The molecule has 0 aromatic rings. The second kappa shape index (κ2) is 3.69. The minimum Gasteiger partial charge on any atom is -0.479 e. The number of methoxy groups -OCH3 is 1. The van der Waals surface area contributed by atoms with Crippen LogP contribution in [0.15, 0.2) is 0 Å². The Hall–Kier alpha value is -0.610. The lowest BCUT2D eigenvalue weighted by molar-refractivity contribution is -0.150. The maximum atomic E-state index is 10.5. The molecule has 64 valence electrons. The summed E-state index contributed by atoms with van der Waals surface area (Å²) >= 11 is 0. The van der Waals surface area contributed by atoms with Crippen LogP contribution in [0.25, 0.3) is 0 Å². The standard InChI is InChI=1S/C7H12O4/c1-10-4-5-2-3-11-6(5)7(8)9/h5-6H,2-4H2,1H3,(H,8,9)/t5-,6-/m0/s1. The molecule has 0 saturated carbocycles. The molecule has 1 aliphatic heterocycles. The number of rotatable bonds is 3. The predicted molar refractivity (Wildman–Crippen MR) is 37.4 cm³/mol. The number of hydrogen-bond acceptors (Lipinski definition) is 3. The average Bonchev–Trinajstić information content (AvgIpc) is 2.36. The van der Waals surface area contributed by atoms with E-state index in [0.29, 0.717) is 13.2 Å². The summed E-state index contributed by atoms with van der Waals surface area (Å²) in [5.74, 6) is -0.859. The summed E-state index contributed by atoms with van der Waals surface area (Å²) in [7, 11) is 1.57. The molecule has 0 spiro atoms. The lowest BCUT2D eigenvalue weighted by Crippen LogP contribution is -2.28. The van der Waals surface area contributed by atoms with Crippen LogP contribution < -0.4 is 0 Å². The first-order chi connectivity index (χ1) is 5.25. The number of carbonyl (C=O) groups is 1. The van der Waals surface area contributed by atoms with Crippen LogP contribution in [0.4, 0.5) is 0 Å². The first kappa shape index (κ1) is 8.49. The van der Waals surface area contributed by atoms with E-state index in [1.165, 1.54) is 0 Å². The summed E-state index contributed by atoms with van der Waals surface area (Å²) in [5, 5.41) is 8.63. The molecule has 0 bridgehead atoms. The van der Waals surface area contributed by atoms with Crippen molar-refractivity contribution >= 4 is 5.97 Å². The van der Waals surface area contributed by atoms with Crippen LogP contribution in [0, 0.1) is 5.92 Å². The first-order valence-electron chi connectivity index (χ1n) is 3.59. The van der Waals surface area contributed by atoms with E-state index < -0.39 is 12.1 Å². The Morgan fingerprint density at radius 3 is 3.09 bits per heavy atom. The fraction of sp³-hybridized carbons (Fsp3) is 0.857. The SMILES string of the molecule is COC[C@@H]1CCO[C@@H]1C(=O)O. The van der Waals surface area contributed by atoms with Crippen molar-refractivity contribution in [1.82, 2.24) is 0 Å². The molecule has 1 aliphatic rings. The van der Waals surface area contributed by atoms with Gasteiger partial charge in [0, 0.05) is 19.6 Å².